The summed E-state index contributed by atoms with van der Waals surface area (Å²) < 4.78 is 129. The van der Waals surface area contributed by atoms with Gasteiger partial charge in [0, 0.05) is 133 Å². The average molecular weight is 1900 g/mol. The Bertz CT molecular complexity index is 4490. The number of nitrogens with zero attached hydrogens (tertiary/aromatic N) is 3. The third-order valence-electron chi connectivity index (χ3n) is 19.7. The smallest absolute Gasteiger partial charge is 0.335 e. The van der Waals surface area contributed by atoms with E-state index in [2.05, 4.69) is 24.7 Å². The molecule has 3 heterocycles. The van der Waals surface area contributed by atoms with Gasteiger partial charge in [-0.05, 0) is 163 Å². The quantitative estimate of drug-likeness (QED) is 0.0167. The molecule has 6 aromatic carbocycles. The van der Waals surface area contributed by atoms with Crippen LogP contribution in [0.25, 0.3) is 0 Å². The van der Waals surface area contributed by atoms with E-state index < -0.39 is 77.7 Å². The zero-order valence-corrected chi connectivity index (χ0v) is 75.6. The number of hydrogen-bond acceptors (Lipinski definition) is 27. The van der Waals surface area contributed by atoms with Crippen molar-refractivity contribution < 1.29 is 118 Å². The number of rotatable bonds is 51. The molecule has 682 valence electrons. The molecule has 40 heteroatoms. The van der Waals surface area contributed by atoms with E-state index in [0.717, 1.165) is 76.3 Å². The molecule has 9 rings (SSSR count). The van der Waals surface area contributed by atoms with Gasteiger partial charge in [-0.1, -0.05) is 106 Å². The van der Waals surface area contributed by atoms with Gasteiger partial charge in [-0.15, -0.1) is 0 Å². The van der Waals surface area contributed by atoms with Crippen molar-refractivity contribution in [3.8, 4) is 0 Å². The van der Waals surface area contributed by atoms with E-state index in [1.54, 1.807) is 54.6 Å². The largest absolute Gasteiger partial charge is 0.479 e. The standard InChI is InChI=1S/C55H71Cl4N3O14S2.C24H33Cl2N3O5S.C4H6O6/c1-61-34-46(44-30-40(56)32-50(58)48(44)36-61)38-7-11-42(12-8-38)77(67,68)28-4-17-72-21-25-75-24-20-71-16-3-6-52(63)53(64)54(65)55(66)60-15-19-74-23-27-76-26-22-73-18-5-29-78(69,70)43-13-9-39(10-14-43)47-35-62(2)37-49-45(47)31-41(57)33-51(49)59;1-29-16-22(21-14-19(25)15-24(26)23(21)17-29)18-2-4-20(5-3-18)35(30,31)28-7-9-33-11-13-34-12-10-32-8-6-27;5-1(3(7)8)2(6)4(9)10/h7-14,30-33,46-47,53-54,64-65H,3-6,15-29,34-37H2,1-2H3,(H,60,66);2-5,14-15,22,28H,6-13,16-17,27H2,1H3;1-2,5-6H,(H,7,8)(H,9,10)/t46-,47-,53+,54-;22-;1-,2-/m000/s1. The predicted molar refractivity (Wildman–Crippen MR) is 465 cm³/mol. The normalized spacial score (nSPS) is 16.7. The van der Waals surface area contributed by atoms with E-state index in [-0.39, 0.29) is 156 Å². The number of sulfonamides is 1. The maximum atomic E-state index is 13.0. The van der Waals surface area contributed by atoms with Gasteiger partial charge in [0.2, 0.25) is 10.0 Å². The van der Waals surface area contributed by atoms with Crippen LogP contribution in [0.4, 0.5) is 0 Å². The molecule has 0 unspecified atom stereocenters. The fourth-order valence-electron chi connectivity index (χ4n) is 13.5. The van der Waals surface area contributed by atoms with Crippen LogP contribution in [0.3, 0.4) is 0 Å². The molecular weight excluding hydrogens is 1790 g/mol. The number of amides is 1. The predicted octanol–water partition coefficient (Wildman–Crippen LogP) is 7.50. The molecule has 123 heavy (non-hydrogen) atoms. The fourth-order valence-corrected chi connectivity index (χ4v) is 18.8. The second-order valence-electron chi connectivity index (χ2n) is 29.2. The summed E-state index contributed by atoms with van der Waals surface area (Å²) in [6, 6.07) is 32.0. The van der Waals surface area contributed by atoms with E-state index in [1.165, 1.54) is 0 Å². The molecule has 6 aromatic rings. The van der Waals surface area contributed by atoms with Gasteiger partial charge in [0.05, 0.1) is 125 Å². The summed E-state index contributed by atoms with van der Waals surface area (Å²) in [6.45, 7) is 10.4. The highest BCUT2D eigenvalue weighted by atomic mass is 35.5. The molecule has 7 atom stereocenters. The number of hydrogen-bond donors (Lipinski definition) is 9. The fraction of sp³-hybridized carbons (Fsp3) is 0.518. The first-order valence-corrected chi connectivity index (χ1v) is 46.8. The highest BCUT2D eigenvalue weighted by Gasteiger charge is 2.34. The van der Waals surface area contributed by atoms with E-state index in [4.69, 9.17) is 138 Å². The molecule has 0 bridgehead atoms. The SMILES string of the molecule is CN1Cc2c(Cl)cc(Cl)cc2[C@H](c2ccc(S(=O)(=O)CCCOCCOCCOCCCC(=O)[C@@H](O)[C@H](O)C(=O)NCCOCCOCCOCCCS(=O)(=O)c3ccc([C@@H]4CN(C)Cc5c(Cl)cc(Cl)cc54)cc3)cc2)C1.CN1Cc2c(Cl)cc(Cl)cc2[C@H](c2ccc(S(=O)(=O)NCCOCCOCCOCCN)cc2)C1.O=C(O)[C@@H](O)[C@H](O)C(=O)O. The number of nitrogens with one attached hydrogen (secondary N) is 2. The third-order valence-corrected chi connectivity index (χ3v) is 26.5. The Kier molecular flexibility index (Phi) is 45.2. The zero-order valence-electron chi connectivity index (χ0n) is 68.6. The Morgan fingerprint density at radius 2 is 0.707 bits per heavy atom. The number of aliphatic carboxylic acids is 2. The number of Topliss-reactive ketones (excluding diaryl/α,β-unsaturated/α-hetero) is 1. The summed E-state index contributed by atoms with van der Waals surface area (Å²) in [5.41, 5.74) is 14.6. The Labute approximate surface area is 748 Å². The number of aliphatic hydroxyl groups excluding tert-OH is 4. The molecule has 3 aliphatic rings. The van der Waals surface area contributed by atoms with Crippen LogP contribution in [0.1, 0.15) is 93.5 Å². The number of fused-ring (bicyclic) bond motifs is 3. The minimum atomic E-state index is -3.64. The van der Waals surface area contributed by atoms with Crippen LogP contribution in [0.5, 0.6) is 0 Å². The lowest BCUT2D eigenvalue weighted by molar-refractivity contribution is -0.165. The number of halogens is 6. The number of sulfone groups is 2. The van der Waals surface area contributed by atoms with Gasteiger partial charge in [0.1, 0.15) is 6.10 Å². The van der Waals surface area contributed by atoms with Crippen molar-refractivity contribution >= 4 is 123 Å². The van der Waals surface area contributed by atoms with Gasteiger partial charge in [-0.25, -0.2) is 39.6 Å². The molecule has 0 fully saturated rings. The molecular formula is C83H110Cl6N6O25S3. The Balaban J connectivity index is 0.000000378. The number of ether oxygens (including phenoxy) is 9. The molecule has 10 N–H and O–H groups in total. The maximum absolute atomic E-state index is 13.0. The van der Waals surface area contributed by atoms with Crippen LogP contribution in [0.2, 0.25) is 30.1 Å². The second kappa shape index (κ2) is 53.3. The molecule has 0 aromatic heterocycles. The van der Waals surface area contributed by atoms with Crippen molar-refractivity contribution in [2.24, 2.45) is 5.73 Å². The zero-order chi connectivity index (χ0) is 89.8. The number of benzene rings is 6. The van der Waals surface area contributed by atoms with Gasteiger partial charge < -0.3 is 99.0 Å². The van der Waals surface area contributed by atoms with Crippen molar-refractivity contribution in [1.82, 2.24) is 24.7 Å². The lowest BCUT2D eigenvalue weighted by atomic mass is 9.85. The minimum absolute atomic E-state index is 0.00674. The second-order valence-corrected chi connectivity index (χ2v) is 37.7. The summed E-state index contributed by atoms with van der Waals surface area (Å²) >= 11 is 38.4. The first kappa shape index (κ1) is 104. The summed E-state index contributed by atoms with van der Waals surface area (Å²) in [5.74, 6) is -5.22. The van der Waals surface area contributed by atoms with Crippen LogP contribution in [0.15, 0.2) is 124 Å². The molecule has 0 spiro atoms. The number of aliphatic hydroxyl groups is 4. The van der Waals surface area contributed by atoms with E-state index in [9.17, 15) is 54.6 Å². The Morgan fingerprint density at radius 1 is 0.407 bits per heavy atom. The van der Waals surface area contributed by atoms with Crippen LogP contribution >= 0.6 is 69.6 Å². The van der Waals surface area contributed by atoms with Gasteiger partial charge >= 0.3 is 11.9 Å². The molecule has 0 saturated heterocycles. The number of carbonyl (C=O) groups excluding carboxylic acids is 2. The molecule has 0 saturated carbocycles. The van der Waals surface area contributed by atoms with E-state index >= 15 is 0 Å². The van der Waals surface area contributed by atoms with Gasteiger partial charge in [-0.3, -0.25) is 9.59 Å². The number of carboxylic acids is 2. The molecule has 1 amide bonds. The van der Waals surface area contributed by atoms with Crippen molar-refractivity contribution in [3.63, 3.8) is 0 Å². The number of likely N-dealkylation sites (N-methyl/N-ethyl adjacent to an activating group) is 3. The number of carboxylic acid groups (broad SMARTS) is 2. The Hall–Kier alpha value is -5.73. The summed E-state index contributed by atoms with van der Waals surface area (Å²) in [4.78, 5) is 51.5. The van der Waals surface area contributed by atoms with Gasteiger partial charge in [-0.2, -0.15) is 0 Å². The molecule has 0 aliphatic carbocycles. The van der Waals surface area contributed by atoms with Crippen LogP contribution < -0.4 is 15.8 Å². The van der Waals surface area contributed by atoms with E-state index in [0.29, 0.717) is 95.6 Å². The molecule has 3 aliphatic heterocycles. The van der Waals surface area contributed by atoms with Crippen LogP contribution in [-0.2, 0) is 111 Å². The summed E-state index contributed by atoms with van der Waals surface area (Å²) in [5, 5.41) is 59.0. The van der Waals surface area contributed by atoms with Crippen LogP contribution in [0, 0.1) is 0 Å². The van der Waals surface area contributed by atoms with Gasteiger partial charge in [0.15, 0.2) is 43.8 Å². The highest BCUT2D eigenvalue weighted by Crippen LogP contribution is 2.42. The lowest BCUT2D eigenvalue weighted by Crippen LogP contribution is -2.46. The third kappa shape index (κ3) is 34.3. The summed E-state index contributed by atoms with van der Waals surface area (Å²) in [6.07, 6.45) is -7.61. The van der Waals surface area contributed by atoms with E-state index in [1.807, 2.05) is 75.7 Å². The first-order chi connectivity index (χ1) is 58.6. The minimum Gasteiger partial charge on any atom is -0.479 e. The topological polar surface area (TPSA) is 435 Å². The summed E-state index contributed by atoms with van der Waals surface area (Å²) in [7, 11) is -4.59. The Morgan fingerprint density at radius 3 is 1.04 bits per heavy atom. The molecule has 31 nitrogen and oxygen atoms in total. The average Bonchev–Trinajstić information content (AvgIpc) is 0.784. The number of carbonyl (C=O) groups is 4. The van der Waals surface area contributed by atoms with Crippen molar-refractivity contribution in [1.29, 1.82) is 0 Å². The van der Waals surface area contributed by atoms with Crippen molar-refractivity contribution in [3.05, 3.63) is 189 Å². The first-order valence-electron chi connectivity index (χ1n) is 39.7. The van der Waals surface area contributed by atoms with Crippen molar-refractivity contribution in [2.75, 3.05) is 191 Å². The monoisotopic (exact) mass is 1900 g/mol. The van der Waals surface area contributed by atoms with Crippen LogP contribution in [-0.4, -0.2) is 309 Å². The highest BCUT2D eigenvalue weighted by molar-refractivity contribution is 7.91. The van der Waals surface area contributed by atoms with Gasteiger partial charge in [0.25, 0.3) is 5.91 Å². The number of ketones is 1. The van der Waals surface area contributed by atoms with Crippen molar-refractivity contribution in [2.45, 2.75) is 102 Å². The maximum Gasteiger partial charge on any atom is 0.335 e. The lowest BCUT2D eigenvalue weighted by Gasteiger charge is -2.33. The number of nitrogens with two attached hydrogens (primary N) is 1. The molecule has 0 radical (unpaired) electrons.